The number of nitrogen functional groups attached to an aromatic ring is 1. The molecule has 0 radical (unpaired) electrons. The van der Waals surface area contributed by atoms with Gasteiger partial charge in [-0.15, -0.1) is 0 Å². The van der Waals surface area contributed by atoms with E-state index in [2.05, 4.69) is 32.6 Å². The first-order valence-corrected chi connectivity index (χ1v) is 14.9. The van der Waals surface area contributed by atoms with Crippen molar-refractivity contribution in [1.29, 1.82) is 0 Å². The third-order valence-corrected chi connectivity index (χ3v) is 7.37. The molecule has 35 heavy (non-hydrogen) atoms. The summed E-state index contributed by atoms with van der Waals surface area (Å²) in [6.45, 7) is 12.2. The molecular formula is C31H57N3O. The quantitative estimate of drug-likeness (QED) is 0.132. The smallest absolute Gasteiger partial charge is 0.227 e. The highest BCUT2D eigenvalue weighted by molar-refractivity contribution is 5.94. The summed E-state index contributed by atoms with van der Waals surface area (Å²) in [4.78, 5) is 17.7. The van der Waals surface area contributed by atoms with E-state index >= 15 is 0 Å². The van der Waals surface area contributed by atoms with E-state index in [4.69, 9.17) is 5.73 Å². The van der Waals surface area contributed by atoms with Gasteiger partial charge >= 0.3 is 0 Å². The maximum atomic E-state index is 13.3. The third kappa shape index (κ3) is 14.6. The van der Waals surface area contributed by atoms with Crippen molar-refractivity contribution in [1.82, 2.24) is 4.90 Å². The van der Waals surface area contributed by atoms with Gasteiger partial charge in [-0.25, -0.2) is 0 Å². The molecule has 2 N–H and O–H groups in total. The zero-order valence-corrected chi connectivity index (χ0v) is 23.7. The molecule has 0 saturated carbocycles. The van der Waals surface area contributed by atoms with E-state index in [1.165, 1.54) is 70.6 Å². The fourth-order valence-electron chi connectivity index (χ4n) is 4.97. The topological polar surface area (TPSA) is 49.6 Å². The second kappa shape index (κ2) is 20.6. The molecule has 1 aromatic carbocycles. The number of nitrogens with two attached hydrogens (primary N) is 1. The standard InChI is InChI=1S/C31H57N3O/c1-5-8-9-10-11-12-13-14-15-16-17-18-19-22-31(35)34(30-25-23-29(32)24-26-30)28(4)21-20-27-33(6-2)7-3/h23-26,28H,5-22,27,32H2,1-4H3/t28-/m1/s1. The Balaban J connectivity index is 2.34. The van der Waals surface area contributed by atoms with Crippen LogP contribution in [0, 0.1) is 0 Å². The van der Waals surface area contributed by atoms with Crippen molar-refractivity contribution in [2.45, 2.75) is 136 Å². The molecule has 0 aliphatic carbocycles. The van der Waals surface area contributed by atoms with Gasteiger partial charge in [-0.2, -0.15) is 0 Å². The lowest BCUT2D eigenvalue weighted by Gasteiger charge is -2.30. The molecule has 1 aromatic rings. The molecule has 0 aromatic heterocycles. The summed E-state index contributed by atoms with van der Waals surface area (Å²) in [7, 11) is 0. The molecular weight excluding hydrogens is 430 g/mol. The number of hydrogen-bond donors (Lipinski definition) is 1. The molecule has 202 valence electrons. The number of anilines is 2. The van der Waals surface area contributed by atoms with Crippen LogP contribution in [0.2, 0.25) is 0 Å². The third-order valence-electron chi connectivity index (χ3n) is 7.37. The first-order chi connectivity index (χ1) is 17.0. The first kappa shape index (κ1) is 31.5. The minimum Gasteiger partial charge on any atom is -0.399 e. The van der Waals surface area contributed by atoms with Gasteiger partial charge in [0.05, 0.1) is 0 Å². The van der Waals surface area contributed by atoms with E-state index in [-0.39, 0.29) is 11.9 Å². The molecule has 1 amide bonds. The number of benzene rings is 1. The van der Waals surface area contributed by atoms with E-state index in [0.717, 1.165) is 56.7 Å². The van der Waals surface area contributed by atoms with Gasteiger partial charge in [0.1, 0.15) is 0 Å². The molecule has 4 nitrogen and oxygen atoms in total. The van der Waals surface area contributed by atoms with Gasteiger partial charge in [0, 0.05) is 23.8 Å². The highest BCUT2D eigenvalue weighted by Crippen LogP contribution is 2.23. The van der Waals surface area contributed by atoms with E-state index < -0.39 is 0 Å². The van der Waals surface area contributed by atoms with Crippen LogP contribution in [0.1, 0.15) is 130 Å². The predicted octanol–water partition coefficient (Wildman–Crippen LogP) is 8.59. The fraction of sp³-hybridized carbons (Fsp3) is 0.774. The number of nitrogens with zero attached hydrogens (tertiary/aromatic N) is 2. The molecule has 0 aliphatic heterocycles. The van der Waals surface area contributed by atoms with E-state index in [1.807, 2.05) is 29.2 Å². The largest absolute Gasteiger partial charge is 0.399 e. The lowest BCUT2D eigenvalue weighted by Crippen LogP contribution is -2.39. The summed E-state index contributed by atoms with van der Waals surface area (Å²) in [6.07, 6.45) is 20.0. The summed E-state index contributed by atoms with van der Waals surface area (Å²) in [5.74, 6) is 0.258. The van der Waals surface area contributed by atoms with Crippen LogP contribution >= 0.6 is 0 Å². The van der Waals surface area contributed by atoms with Crippen LogP contribution in [0.3, 0.4) is 0 Å². The second-order valence-electron chi connectivity index (χ2n) is 10.4. The van der Waals surface area contributed by atoms with Crippen molar-refractivity contribution in [3.05, 3.63) is 24.3 Å². The normalized spacial score (nSPS) is 12.3. The van der Waals surface area contributed by atoms with Crippen LogP contribution in [0.15, 0.2) is 24.3 Å². The number of rotatable bonds is 22. The number of carbonyl (C=O) groups is 1. The average molecular weight is 488 g/mol. The van der Waals surface area contributed by atoms with Gasteiger partial charge in [-0.05, 0) is 70.1 Å². The van der Waals surface area contributed by atoms with Crippen LogP contribution in [-0.4, -0.2) is 36.5 Å². The summed E-state index contributed by atoms with van der Waals surface area (Å²) in [5.41, 5.74) is 7.63. The molecule has 0 saturated heterocycles. The Labute approximate surface area is 218 Å². The molecule has 4 heteroatoms. The Bertz CT molecular complexity index is 627. The summed E-state index contributed by atoms with van der Waals surface area (Å²) >= 11 is 0. The van der Waals surface area contributed by atoms with Crippen LogP contribution in [0.25, 0.3) is 0 Å². The highest BCUT2D eigenvalue weighted by atomic mass is 16.2. The van der Waals surface area contributed by atoms with Gasteiger partial charge in [0.2, 0.25) is 5.91 Å². The highest BCUT2D eigenvalue weighted by Gasteiger charge is 2.21. The Morgan fingerprint density at radius 2 is 1.23 bits per heavy atom. The predicted molar refractivity (Wildman–Crippen MR) is 155 cm³/mol. The summed E-state index contributed by atoms with van der Waals surface area (Å²) < 4.78 is 0. The van der Waals surface area contributed by atoms with Crippen molar-refractivity contribution in [2.75, 3.05) is 30.3 Å². The Kier molecular flexibility index (Phi) is 18.5. The minimum absolute atomic E-state index is 0.198. The molecule has 0 spiro atoms. The maximum Gasteiger partial charge on any atom is 0.227 e. The van der Waals surface area contributed by atoms with Crippen molar-refractivity contribution < 1.29 is 4.79 Å². The van der Waals surface area contributed by atoms with Crippen LogP contribution in [0.5, 0.6) is 0 Å². The van der Waals surface area contributed by atoms with Gasteiger partial charge in [0.25, 0.3) is 0 Å². The average Bonchev–Trinajstić information content (AvgIpc) is 2.86. The number of carbonyl (C=O) groups excluding carboxylic acids is 1. The van der Waals surface area contributed by atoms with Crippen molar-refractivity contribution in [3.8, 4) is 0 Å². The summed E-state index contributed by atoms with van der Waals surface area (Å²) in [6, 6.07) is 8.01. The number of hydrogen-bond acceptors (Lipinski definition) is 3. The SMILES string of the molecule is CCCCCCCCCCCCCCCC(=O)N(c1ccc(N)cc1)[C@H](C)CCCN(CC)CC. The van der Waals surface area contributed by atoms with Gasteiger partial charge in [0.15, 0.2) is 0 Å². The first-order valence-electron chi connectivity index (χ1n) is 14.9. The van der Waals surface area contributed by atoms with Crippen molar-refractivity contribution in [2.24, 2.45) is 0 Å². The molecule has 1 atom stereocenters. The van der Waals surface area contributed by atoms with E-state index in [1.54, 1.807) is 0 Å². The van der Waals surface area contributed by atoms with Crippen LogP contribution in [-0.2, 0) is 4.79 Å². The van der Waals surface area contributed by atoms with Gasteiger partial charge in [-0.1, -0.05) is 97.8 Å². The van der Waals surface area contributed by atoms with E-state index in [9.17, 15) is 4.79 Å². The maximum absolute atomic E-state index is 13.3. The number of amides is 1. The van der Waals surface area contributed by atoms with Crippen molar-refractivity contribution >= 4 is 17.3 Å². The van der Waals surface area contributed by atoms with Crippen LogP contribution < -0.4 is 10.6 Å². The number of unbranched alkanes of at least 4 members (excludes halogenated alkanes) is 12. The molecule has 0 fully saturated rings. The lowest BCUT2D eigenvalue weighted by atomic mass is 10.0. The van der Waals surface area contributed by atoms with Gasteiger partial charge < -0.3 is 15.5 Å². The molecule has 1 rings (SSSR count). The molecule has 0 aliphatic rings. The van der Waals surface area contributed by atoms with E-state index in [0.29, 0.717) is 6.42 Å². The Morgan fingerprint density at radius 1 is 0.743 bits per heavy atom. The van der Waals surface area contributed by atoms with Gasteiger partial charge in [-0.3, -0.25) is 4.79 Å². The van der Waals surface area contributed by atoms with Crippen molar-refractivity contribution in [3.63, 3.8) is 0 Å². The monoisotopic (exact) mass is 487 g/mol. The Hall–Kier alpha value is -1.55. The molecule has 0 unspecified atom stereocenters. The zero-order chi connectivity index (χ0) is 25.7. The lowest BCUT2D eigenvalue weighted by molar-refractivity contribution is -0.119. The van der Waals surface area contributed by atoms with Crippen LogP contribution in [0.4, 0.5) is 11.4 Å². The minimum atomic E-state index is 0.198. The summed E-state index contributed by atoms with van der Waals surface area (Å²) in [5, 5.41) is 0. The second-order valence-corrected chi connectivity index (χ2v) is 10.4. The molecule has 0 bridgehead atoms. The molecule has 0 heterocycles. The fourth-order valence-corrected chi connectivity index (χ4v) is 4.97. The Morgan fingerprint density at radius 3 is 1.71 bits per heavy atom. The zero-order valence-electron chi connectivity index (χ0n) is 23.7.